The minimum Gasteiger partial charge on any atom is -0.419 e. The largest absolute Gasteiger partial charge is 0.419 e. The Balaban J connectivity index is 1.84. The van der Waals surface area contributed by atoms with Gasteiger partial charge in [-0.15, -0.1) is 0 Å². The third kappa shape index (κ3) is 1.59. The fourth-order valence-corrected chi connectivity index (χ4v) is 3.80. The summed E-state index contributed by atoms with van der Waals surface area (Å²) in [6.07, 6.45) is 5.48. The fraction of sp³-hybridized carbons (Fsp3) is 0.0500. The van der Waals surface area contributed by atoms with E-state index in [2.05, 4.69) is 49.4 Å². The van der Waals surface area contributed by atoms with E-state index in [1.54, 1.807) is 6.20 Å². The smallest absolute Gasteiger partial charge is 0.340 e. The van der Waals surface area contributed by atoms with E-state index >= 15 is 0 Å². The van der Waals surface area contributed by atoms with E-state index in [4.69, 9.17) is 4.42 Å². The molecule has 1 aromatic carbocycles. The van der Waals surface area contributed by atoms with Crippen LogP contribution in [0.3, 0.4) is 0 Å². The molecule has 5 heteroatoms. The molecular weight excluding hydrogens is 312 g/mol. The van der Waals surface area contributed by atoms with Crippen LogP contribution in [-0.4, -0.2) is 14.5 Å². The van der Waals surface area contributed by atoms with Crippen molar-refractivity contribution in [1.82, 2.24) is 14.5 Å². The van der Waals surface area contributed by atoms with Crippen LogP contribution in [0.15, 0.2) is 71.5 Å². The van der Waals surface area contributed by atoms with Gasteiger partial charge in [0.2, 0.25) is 5.52 Å². The van der Waals surface area contributed by atoms with Crippen LogP contribution < -0.4 is 4.57 Å². The number of hydrogen-bond donors (Lipinski definition) is 0. The second-order valence-electron chi connectivity index (χ2n) is 6.21. The Bertz CT molecular complexity index is 1270. The molecule has 5 aromatic rings. The van der Waals surface area contributed by atoms with Crippen molar-refractivity contribution in [3.63, 3.8) is 0 Å². The zero-order chi connectivity index (χ0) is 16.4. The molecule has 118 valence electrons. The first-order valence-corrected chi connectivity index (χ1v) is 8.22. The molecule has 0 radical (unpaired) electrons. The molecule has 5 nitrogen and oxygen atoms in total. The molecule has 0 atom stereocenters. The van der Waals surface area contributed by atoms with Crippen LogP contribution in [0.2, 0.25) is 0 Å². The molecule has 0 unspecified atom stereocenters. The van der Waals surface area contributed by atoms with Crippen LogP contribution in [0, 0.1) is 0 Å². The zero-order valence-electron chi connectivity index (χ0n) is 13.3. The number of aromatic nitrogens is 4. The lowest BCUT2D eigenvalue weighted by atomic mass is 10.2. The second kappa shape index (κ2) is 4.54. The van der Waals surface area contributed by atoms with Crippen molar-refractivity contribution in [2.75, 3.05) is 0 Å². The summed E-state index contributed by atoms with van der Waals surface area (Å²) in [4.78, 5) is 8.86. The highest BCUT2D eigenvalue weighted by molar-refractivity contribution is 6.02. The highest BCUT2D eigenvalue weighted by Crippen LogP contribution is 2.37. The number of fused-ring (bicyclic) bond motifs is 7. The average Bonchev–Trinajstić information content (AvgIpc) is 3.30. The van der Waals surface area contributed by atoms with Crippen molar-refractivity contribution in [3.05, 3.63) is 72.8 Å². The Kier molecular flexibility index (Phi) is 2.34. The summed E-state index contributed by atoms with van der Waals surface area (Å²) in [6.45, 7) is 0.717. The molecule has 1 aliphatic heterocycles. The van der Waals surface area contributed by atoms with E-state index < -0.39 is 0 Å². The van der Waals surface area contributed by atoms with E-state index in [0.717, 1.165) is 51.5 Å². The number of rotatable bonds is 1. The molecule has 0 saturated heterocycles. The summed E-state index contributed by atoms with van der Waals surface area (Å²) in [5.74, 6) is 1.11. The Labute approximate surface area is 142 Å². The molecule has 1 aliphatic rings. The molecule has 0 amide bonds. The number of para-hydroxylation sites is 1. The SMILES string of the molecule is c1ccc(-n2c3[n+](c4oc5ccncc5c42)Cc2ncccc2-3)cc1. The third-order valence-electron chi connectivity index (χ3n) is 4.84. The quantitative estimate of drug-likeness (QED) is 0.435. The van der Waals surface area contributed by atoms with Crippen LogP contribution in [-0.2, 0) is 6.54 Å². The lowest BCUT2D eigenvalue weighted by Gasteiger charge is -2.01. The Morgan fingerprint density at radius 2 is 1.92 bits per heavy atom. The normalized spacial score (nSPS) is 12.6. The van der Waals surface area contributed by atoms with Crippen LogP contribution >= 0.6 is 0 Å². The van der Waals surface area contributed by atoms with Gasteiger partial charge in [-0.05, 0) is 24.3 Å². The molecule has 6 rings (SSSR count). The van der Waals surface area contributed by atoms with Gasteiger partial charge in [-0.25, -0.2) is 0 Å². The molecule has 5 heterocycles. The highest BCUT2D eigenvalue weighted by Gasteiger charge is 2.38. The summed E-state index contributed by atoms with van der Waals surface area (Å²) < 4.78 is 10.7. The van der Waals surface area contributed by atoms with Crippen molar-refractivity contribution in [3.8, 4) is 17.1 Å². The summed E-state index contributed by atoms with van der Waals surface area (Å²) >= 11 is 0. The molecule has 0 fully saturated rings. The van der Waals surface area contributed by atoms with E-state index in [9.17, 15) is 0 Å². The number of imidazole rings is 1. The van der Waals surface area contributed by atoms with Crippen molar-refractivity contribution < 1.29 is 8.98 Å². The maximum Gasteiger partial charge on any atom is 0.340 e. The minimum absolute atomic E-state index is 0.717. The number of furan rings is 1. The summed E-state index contributed by atoms with van der Waals surface area (Å²) in [5.41, 5.74) is 6.09. The van der Waals surface area contributed by atoms with E-state index in [0.29, 0.717) is 0 Å². The van der Waals surface area contributed by atoms with Crippen molar-refractivity contribution >= 4 is 22.2 Å². The van der Waals surface area contributed by atoms with Crippen molar-refractivity contribution in [1.29, 1.82) is 0 Å². The van der Waals surface area contributed by atoms with Gasteiger partial charge < -0.3 is 4.42 Å². The molecule has 0 spiro atoms. The Morgan fingerprint density at radius 3 is 2.84 bits per heavy atom. The first-order valence-electron chi connectivity index (χ1n) is 8.22. The molecule has 0 saturated carbocycles. The van der Waals surface area contributed by atoms with E-state index in [-0.39, 0.29) is 0 Å². The monoisotopic (exact) mass is 325 g/mol. The Hall–Kier alpha value is -3.47. The maximum atomic E-state index is 6.20. The fourth-order valence-electron chi connectivity index (χ4n) is 3.80. The van der Waals surface area contributed by atoms with Crippen LogP contribution in [0.1, 0.15) is 5.69 Å². The molecule has 0 bridgehead atoms. The molecule has 0 aliphatic carbocycles. The average molecular weight is 325 g/mol. The summed E-state index contributed by atoms with van der Waals surface area (Å²) in [7, 11) is 0. The number of pyridine rings is 2. The lowest BCUT2D eigenvalue weighted by molar-refractivity contribution is -0.652. The second-order valence-corrected chi connectivity index (χ2v) is 6.21. The van der Waals surface area contributed by atoms with Crippen LogP contribution in [0.4, 0.5) is 0 Å². The minimum atomic E-state index is 0.717. The topological polar surface area (TPSA) is 47.7 Å². The van der Waals surface area contributed by atoms with Gasteiger partial charge in [0.1, 0.15) is 17.8 Å². The summed E-state index contributed by atoms with van der Waals surface area (Å²) in [5, 5.41) is 1.02. The van der Waals surface area contributed by atoms with Gasteiger partial charge in [0, 0.05) is 24.7 Å². The van der Waals surface area contributed by atoms with Crippen LogP contribution in [0.5, 0.6) is 0 Å². The molecule has 4 aromatic heterocycles. The first kappa shape index (κ1) is 12.9. The van der Waals surface area contributed by atoms with Gasteiger partial charge in [-0.3, -0.25) is 9.97 Å². The van der Waals surface area contributed by atoms with E-state index in [1.807, 2.05) is 30.6 Å². The third-order valence-corrected chi connectivity index (χ3v) is 4.84. The zero-order valence-corrected chi connectivity index (χ0v) is 13.3. The van der Waals surface area contributed by atoms with Gasteiger partial charge in [0.15, 0.2) is 0 Å². The van der Waals surface area contributed by atoms with Crippen molar-refractivity contribution in [2.45, 2.75) is 6.54 Å². The Morgan fingerprint density at radius 1 is 1.00 bits per heavy atom. The lowest BCUT2D eigenvalue weighted by Crippen LogP contribution is -2.31. The summed E-state index contributed by atoms with van der Waals surface area (Å²) in [6, 6.07) is 16.4. The van der Waals surface area contributed by atoms with Gasteiger partial charge in [-0.1, -0.05) is 18.2 Å². The standard InChI is InChI=1S/C20H13N4O/c1-2-5-13(6-3-1)24-18-15-11-21-10-8-17(15)25-20(18)23-12-16-14(19(23)24)7-4-9-22-16/h1-11H,12H2/q+1. The molecule has 0 N–H and O–H groups in total. The molecular formula is C20H13N4O+. The maximum absolute atomic E-state index is 6.20. The van der Waals surface area contributed by atoms with Gasteiger partial charge in [0.25, 0.3) is 5.82 Å². The van der Waals surface area contributed by atoms with Crippen LogP contribution in [0.25, 0.3) is 39.3 Å². The first-order chi connectivity index (χ1) is 12.4. The van der Waals surface area contributed by atoms with Crippen molar-refractivity contribution in [2.24, 2.45) is 0 Å². The predicted molar refractivity (Wildman–Crippen MR) is 93.4 cm³/mol. The van der Waals surface area contributed by atoms with E-state index in [1.165, 1.54) is 0 Å². The number of hydrogen-bond acceptors (Lipinski definition) is 3. The molecule has 25 heavy (non-hydrogen) atoms. The number of benzene rings is 1. The number of nitrogens with zero attached hydrogens (tertiary/aromatic N) is 4. The predicted octanol–water partition coefficient (Wildman–Crippen LogP) is 3.48. The van der Waals surface area contributed by atoms with Gasteiger partial charge >= 0.3 is 5.71 Å². The van der Waals surface area contributed by atoms with Gasteiger partial charge in [-0.2, -0.15) is 9.13 Å². The van der Waals surface area contributed by atoms with Gasteiger partial charge in [0.05, 0.1) is 16.6 Å². The highest BCUT2D eigenvalue weighted by atomic mass is 16.3.